The van der Waals surface area contributed by atoms with Gasteiger partial charge in [0.05, 0.1) is 11.6 Å². The van der Waals surface area contributed by atoms with E-state index in [1.807, 2.05) is 0 Å². The van der Waals surface area contributed by atoms with Crippen molar-refractivity contribution in [2.75, 3.05) is 0 Å². The van der Waals surface area contributed by atoms with Crippen molar-refractivity contribution >= 4 is 5.97 Å². The quantitative estimate of drug-likeness (QED) is 0.818. The molecular weight excluding hydrogens is 210 g/mol. The summed E-state index contributed by atoms with van der Waals surface area (Å²) in [5.74, 6) is -2.02. The number of carboxylic acids is 1. The van der Waals surface area contributed by atoms with Crippen molar-refractivity contribution < 1.29 is 23.4 Å². The van der Waals surface area contributed by atoms with Gasteiger partial charge >= 0.3 is 12.6 Å². The van der Waals surface area contributed by atoms with E-state index < -0.39 is 24.2 Å². The maximum atomic E-state index is 11.8. The number of pyridine rings is 1. The van der Waals surface area contributed by atoms with Gasteiger partial charge in [-0.3, -0.25) is 0 Å². The maximum absolute atomic E-state index is 11.8. The fourth-order valence-corrected chi connectivity index (χ4v) is 0.831. The Bertz CT molecular complexity index is 428. The lowest BCUT2D eigenvalue weighted by atomic mass is 10.2. The van der Waals surface area contributed by atoms with Crippen molar-refractivity contribution in [1.82, 2.24) is 4.98 Å². The molecule has 1 rings (SSSR count). The summed E-state index contributed by atoms with van der Waals surface area (Å²) >= 11 is 0. The number of rotatable bonds is 3. The van der Waals surface area contributed by atoms with Gasteiger partial charge in [0.2, 0.25) is 5.88 Å². The number of carbonyl (C=O) groups is 1. The molecular formula is C8H4F2N2O3. The Kier molecular flexibility index (Phi) is 3.13. The Labute approximate surface area is 82.5 Å². The van der Waals surface area contributed by atoms with Crippen LogP contribution in [-0.4, -0.2) is 22.7 Å². The molecule has 0 aromatic carbocycles. The minimum Gasteiger partial charge on any atom is -0.477 e. The lowest BCUT2D eigenvalue weighted by Gasteiger charge is -2.04. The highest BCUT2D eigenvalue weighted by atomic mass is 19.3. The largest absolute Gasteiger partial charge is 0.477 e. The summed E-state index contributed by atoms with van der Waals surface area (Å²) in [5.41, 5.74) is -0.636. The molecule has 0 radical (unpaired) electrons. The van der Waals surface area contributed by atoms with E-state index in [1.165, 1.54) is 0 Å². The third-order valence-corrected chi connectivity index (χ3v) is 1.36. The number of nitrogens with zero attached hydrogens (tertiary/aromatic N) is 2. The molecule has 78 valence electrons. The summed E-state index contributed by atoms with van der Waals surface area (Å²) in [6.45, 7) is -3.12. The summed E-state index contributed by atoms with van der Waals surface area (Å²) in [4.78, 5) is 13.8. The van der Waals surface area contributed by atoms with E-state index in [1.54, 1.807) is 6.07 Å². The van der Waals surface area contributed by atoms with Crippen LogP contribution in [0.15, 0.2) is 12.1 Å². The lowest BCUT2D eigenvalue weighted by molar-refractivity contribution is -0.0530. The van der Waals surface area contributed by atoms with Crippen LogP contribution < -0.4 is 4.74 Å². The fourth-order valence-electron chi connectivity index (χ4n) is 0.831. The monoisotopic (exact) mass is 214 g/mol. The van der Waals surface area contributed by atoms with Gasteiger partial charge in [-0.1, -0.05) is 0 Å². The molecule has 7 heteroatoms. The molecule has 0 aliphatic heterocycles. The van der Waals surface area contributed by atoms with Crippen LogP contribution in [0, 0.1) is 11.3 Å². The van der Waals surface area contributed by atoms with Crippen LogP contribution in [0.4, 0.5) is 8.78 Å². The first kappa shape index (κ1) is 10.8. The fraction of sp³-hybridized carbons (Fsp3) is 0.125. The van der Waals surface area contributed by atoms with E-state index >= 15 is 0 Å². The van der Waals surface area contributed by atoms with Gasteiger partial charge in [0, 0.05) is 6.07 Å². The number of hydrogen-bond acceptors (Lipinski definition) is 4. The molecule has 0 saturated heterocycles. The third kappa shape index (κ3) is 2.87. The zero-order chi connectivity index (χ0) is 11.4. The Morgan fingerprint density at radius 3 is 2.73 bits per heavy atom. The van der Waals surface area contributed by atoms with Crippen molar-refractivity contribution in [3.05, 3.63) is 23.4 Å². The SMILES string of the molecule is N#Cc1cc(OC(F)F)nc(C(=O)O)c1. The van der Waals surface area contributed by atoms with Gasteiger partial charge < -0.3 is 9.84 Å². The highest BCUT2D eigenvalue weighted by Gasteiger charge is 2.12. The Morgan fingerprint density at radius 2 is 2.27 bits per heavy atom. The second-order valence-corrected chi connectivity index (χ2v) is 2.37. The zero-order valence-electron chi connectivity index (χ0n) is 7.15. The number of carboxylic acid groups (broad SMARTS) is 1. The molecule has 1 N–H and O–H groups in total. The molecule has 0 aliphatic carbocycles. The van der Waals surface area contributed by atoms with E-state index in [-0.39, 0.29) is 5.56 Å². The summed E-state index contributed by atoms with van der Waals surface area (Å²) in [6.07, 6.45) is 0. The average Bonchev–Trinajstić information content (AvgIpc) is 2.16. The number of halogens is 2. The first-order valence-corrected chi connectivity index (χ1v) is 3.63. The first-order valence-electron chi connectivity index (χ1n) is 3.63. The molecule has 5 nitrogen and oxygen atoms in total. The zero-order valence-corrected chi connectivity index (χ0v) is 7.15. The summed E-state index contributed by atoms with van der Waals surface area (Å²) in [6, 6.07) is 3.50. The number of alkyl halides is 2. The second kappa shape index (κ2) is 4.32. The van der Waals surface area contributed by atoms with Crippen LogP contribution in [0.25, 0.3) is 0 Å². The van der Waals surface area contributed by atoms with Gasteiger partial charge in [-0.05, 0) is 6.07 Å². The minimum atomic E-state index is -3.12. The van der Waals surface area contributed by atoms with Crippen molar-refractivity contribution in [2.45, 2.75) is 6.61 Å². The molecule has 0 aliphatic rings. The molecule has 0 amide bonds. The molecule has 0 saturated carbocycles. The van der Waals surface area contributed by atoms with Crippen LogP contribution >= 0.6 is 0 Å². The molecule has 0 bridgehead atoms. The van der Waals surface area contributed by atoms with E-state index in [9.17, 15) is 13.6 Å². The van der Waals surface area contributed by atoms with Crippen LogP contribution in [0.3, 0.4) is 0 Å². The van der Waals surface area contributed by atoms with Gasteiger partial charge in [-0.2, -0.15) is 14.0 Å². The highest BCUT2D eigenvalue weighted by molar-refractivity contribution is 5.85. The maximum Gasteiger partial charge on any atom is 0.388 e. The van der Waals surface area contributed by atoms with Gasteiger partial charge in [0.15, 0.2) is 5.69 Å². The van der Waals surface area contributed by atoms with Crippen molar-refractivity contribution in [1.29, 1.82) is 5.26 Å². The Balaban J connectivity index is 3.13. The Morgan fingerprint density at radius 1 is 1.60 bits per heavy atom. The normalized spacial score (nSPS) is 9.73. The van der Waals surface area contributed by atoms with E-state index in [2.05, 4.69) is 9.72 Å². The Hall–Kier alpha value is -2.23. The van der Waals surface area contributed by atoms with Crippen molar-refractivity contribution in [2.24, 2.45) is 0 Å². The van der Waals surface area contributed by atoms with Gasteiger partial charge in [0.1, 0.15) is 0 Å². The summed E-state index contributed by atoms with van der Waals surface area (Å²) in [7, 11) is 0. The molecule has 0 unspecified atom stereocenters. The second-order valence-electron chi connectivity index (χ2n) is 2.37. The molecule has 0 spiro atoms. The van der Waals surface area contributed by atoms with Crippen LogP contribution in [0.1, 0.15) is 16.1 Å². The lowest BCUT2D eigenvalue weighted by Crippen LogP contribution is -2.07. The molecule has 1 heterocycles. The molecule has 0 atom stereocenters. The standard InChI is InChI=1S/C8H4F2N2O3/c9-8(10)15-6-2-4(3-11)1-5(12-6)7(13)14/h1-2,8H,(H,13,14). The number of aromatic nitrogens is 1. The first-order chi connectivity index (χ1) is 7.02. The van der Waals surface area contributed by atoms with Crippen LogP contribution in [0.2, 0.25) is 0 Å². The highest BCUT2D eigenvalue weighted by Crippen LogP contribution is 2.14. The average molecular weight is 214 g/mol. The number of ether oxygens (including phenoxy) is 1. The van der Waals surface area contributed by atoms with Gasteiger partial charge in [-0.25, -0.2) is 9.78 Å². The molecule has 0 fully saturated rings. The van der Waals surface area contributed by atoms with Gasteiger partial charge in [-0.15, -0.1) is 0 Å². The van der Waals surface area contributed by atoms with E-state index in [0.29, 0.717) is 0 Å². The van der Waals surface area contributed by atoms with E-state index in [4.69, 9.17) is 10.4 Å². The minimum absolute atomic E-state index is 0.113. The molecule has 15 heavy (non-hydrogen) atoms. The van der Waals surface area contributed by atoms with Crippen LogP contribution in [0.5, 0.6) is 5.88 Å². The number of hydrogen-bond donors (Lipinski definition) is 1. The topological polar surface area (TPSA) is 83.2 Å². The predicted molar refractivity (Wildman–Crippen MR) is 42.5 cm³/mol. The number of aromatic carboxylic acids is 1. The molecule has 1 aromatic rings. The number of nitriles is 1. The summed E-state index contributed by atoms with van der Waals surface area (Å²) in [5, 5.41) is 17.0. The van der Waals surface area contributed by atoms with E-state index in [0.717, 1.165) is 12.1 Å². The third-order valence-electron chi connectivity index (χ3n) is 1.36. The van der Waals surface area contributed by atoms with Crippen molar-refractivity contribution in [3.63, 3.8) is 0 Å². The molecule has 1 aromatic heterocycles. The van der Waals surface area contributed by atoms with Crippen molar-refractivity contribution in [3.8, 4) is 11.9 Å². The van der Waals surface area contributed by atoms with Crippen LogP contribution in [-0.2, 0) is 0 Å². The summed E-state index contributed by atoms with van der Waals surface area (Å²) < 4.78 is 27.5. The van der Waals surface area contributed by atoms with Gasteiger partial charge in [0.25, 0.3) is 0 Å². The predicted octanol–water partition coefficient (Wildman–Crippen LogP) is 1.25. The smallest absolute Gasteiger partial charge is 0.388 e.